The summed E-state index contributed by atoms with van der Waals surface area (Å²) in [6.45, 7) is 0. The predicted molar refractivity (Wildman–Crippen MR) is 21.3 cm³/mol. The Morgan fingerprint density at radius 2 is 1.00 bits per heavy atom. The van der Waals surface area contributed by atoms with Gasteiger partial charge in [-0.25, -0.2) is 0 Å². The summed E-state index contributed by atoms with van der Waals surface area (Å²) < 4.78 is 0. The van der Waals surface area contributed by atoms with Crippen LogP contribution in [-0.4, -0.2) is 50.1 Å². The first-order valence-corrected chi connectivity index (χ1v) is 0. The van der Waals surface area contributed by atoms with Crippen LogP contribution in [0.3, 0.4) is 0 Å². The van der Waals surface area contributed by atoms with Crippen molar-refractivity contribution in [2.75, 3.05) is 0 Å². The van der Waals surface area contributed by atoms with Gasteiger partial charge in [-0.1, -0.05) is 0 Å². The minimum atomic E-state index is 0. The standard InChI is InChI=1S/Bi.Cu.Ni.Sn.7H. The molecular formula is H7BiCuNiSn. The SMILES string of the molecule is [BiH3].[Cu].[Ni].[SnH4]. The second-order valence-electron chi connectivity index (χ2n) is 0. The zero-order valence-electron chi connectivity index (χ0n) is 1.32. The molecule has 0 spiro atoms. The van der Waals surface area contributed by atoms with Gasteiger partial charge in [-0.05, 0) is 0 Å². The monoisotopic (exact) mass is 457 g/mol. The van der Waals surface area contributed by atoms with E-state index < -0.39 is 0 Å². The third-order valence-electron chi connectivity index (χ3n) is 0. The zero-order chi connectivity index (χ0) is 0. The van der Waals surface area contributed by atoms with Gasteiger partial charge in [0.1, 0.15) is 0 Å². The molecule has 0 aliphatic heterocycles. The molecule has 37 valence electrons. The molecule has 0 atom stereocenters. The van der Waals surface area contributed by atoms with Crippen LogP contribution >= 0.6 is 0 Å². The molecule has 0 aliphatic rings. The predicted octanol–water partition coefficient (Wildman–Crippen LogP) is -2.64. The minimum absolute atomic E-state index is 0. The van der Waals surface area contributed by atoms with Crippen LogP contribution in [0.1, 0.15) is 0 Å². The molecule has 0 heterocycles. The first-order chi connectivity index (χ1) is 0. The van der Waals surface area contributed by atoms with Crippen molar-refractivity contribution in [1.82, 2.24) is 0 Å². The summed E-state index contributed by atoms with van der Waals surface area (Å²) in [4.78, 5) is 0. The van der Waals surface area contributed by atoms with E-state index in [1.807, 2.05) is 0 Å². The van der Waals surface area contributed by atoms with E-state index in [4.69, 9.17) is 0 Å². The number of hydrogen-bond donors (Lipinski definition) is 0. The van der Waals surface area contributed by atoms with E-state index in [0.717, 1.165) is 0 Å². The molecule has 1 radical (unpaired) electrons. The number of rotatable bonds is 0. The van der Waals surface area contributed by atoms with Crippen molar-refractivity contribution in [1.29, 1.82) is 0 Å². The Kier molecular flexibility index (Phi) is 129. The molecule has 0 bridgehead atoms. The van der Waals surface area contributed by atoms with Gasteiger partial charge < -0.3 is 0 Å². The van der Waals surface area contributed by atoms with Crippen molar-refractivity contribution in [2.24, 2.45) is 0 Å². The summed E-state index contributed by atoms with van der Waals surface area (Å²) in [7, 11) is 0. The third kappa shape index (κ3) is 8.83. The number of hydrogen-bond acceptors (Lipinski definition) is 0. The van der Waals surface area contributed by atoms with Gasteiger partial charge in [0.15, 0.2) is 0 Å². The van der Waals surface area contributed by atoms with Crippen LogP contribution in [0.25, 0.3) is 0 Å². The summed E-state index contributed by atoms with van der Waals surface area (Å²) in [5, 5.41) is 0. The molecule has 0 fully saturated rings. The van der Waals surface area contributed by atoms with Crippen LogP contribution in [0, 0.1) is 0 Å². The molecule has 0 nitrogen and oxygen atoms in total. The second kappa shape index (κ2) is 17.3. The average Bonchev–Trinajstić information content (AvgIpc) is 0. The Balaban J connectivity index is 0. The summed E-state index contributed by atoms with van der Waals surface area (Å²) in [6.07, 6.45) is 0. The molecule has 4 heavy (non-hydrogen) atoms. The first-order valence-electron chi connectivity index (χ1n) is 0. The normalized spacial score (nSPS) is 0. The van der Waals surface area contributed by atoms with Crippen molar-refractivity contribution >= 4 is 50.1 Å². The van der Waals surface area contributed by atoms with E-state index in [0.29, 0.717) is 0 Å². The molecule has 0 aromatic rings. The Morgan fingerprint density at radius 3 is 1.00 bits per heavy atom. The van der Waals surface area contributed by atoms with Gasteiger partial charge in [0, 0.05) is 33.6 Å². The van der Waals surface area contributed by atoms with Crippen LogP contribution < -0.4 is 0 Å². The molecular weight excluding hydrogens is 450 g/mol. The van der Waals surface area contributed by atoms with Crippen LogP contribution in [0.4, 0.5) is 0 Å². The molecule has 0 rings (SSSR count). The van der Waals surface area contributed by atoms with E-state index in [1.54, 1.807) is 0 Å². The average molecular weight is 457 g/mol. The molecule has 0 N–H and O–H groups in total. The van der Waals surface area contributed by atoms with Crippen molar-refractivity contribution in [3.05, 3.63) is 0 Å². The third-order valence-corrected chi connectivity index (χ3v) is 0. The van der Waals surface area contributed by atoms with E-state index in [1.165, 1.54) is 0 Å². The van der Waals surface area contributed by atoms with Gasteiger partial charge in [-0.15, -0.1) is 0 Å². The van der Waals surface area contributed by atoms with Gasteiger partial charge in [0.2, 0.25) is 0 Å². The summed E-state index contributed by atoms with van der Waals surface area (Å²) in [5.41, 5.74) is 0. The van der Waals surface area contributed by atoms with E-state index in [2.05, 4.69) is 0 Å². The van der Waals surface area contributed by atoms with Crippen molar-refractivity contribution in [2.45, 2.75) is 0 Å². The van der Waals surface area contributed by atoms with Crippen molar-refractivity contribution in [3.63, 3.8) is 0 Å². The summed E-state index contributed by atoms with van der Waals surface area (Å²) in [5.74, 6) is 0. The maximum atomic E-state index is 0. The topological polar surface area (TPSA) is 0 Å². The van der Waals surface area contributed by atoms with E-state index in [9.17, 15) is 0 Å². The van der Waals surface area contributed by atoms with E-state index in [-0.39, 0.29) is 83.7 Å². The second-order valence-corrected chi connectivity index (χ2v) is 0. The Morgan fingerprint density at radius 1 is 1.00 bits per heavy atom. The van der Waals surface area contributed by atoms with Gasteiger partial charge in [0.05, 0.1) is 0 Å². The van der Waals surface area contributed by atoms with E-state index >= 15 is 0 Å². The summed E-state index contributed by atoms with van der Waals surface area (Å²) in [6, 6.07) is 0. The molecule has 0 aromatic carbocycles. The van der Waals surface area contributed by atoms with Crippen molar-refractivity contribution < 1.29 is 33.6 Å². The fourth-order valence-corrected chi connectivity index (χ4v) is 0. The molecule has 0 saturated carbocycles. The Hall–Kier alpha value is 2.69. The van der Waals surface area contributed by atoms with Gasteiger partial charge in [-0.2, -0.15) is 0 Å². The van der Waals surface area contributed by atoms with Gasteiger partial charge in [0.25, 0.3) is 0 Å². The molecule has 0 saturated heterocycles. The summed E-state index contributed by atoms with van der Waals surface area (Å²) >= 11 is 0. The van der Waals surface area contributed by atoms with Crippen LogP contribution in [-0.2, 0) is 33.6 Å². The first kappa shape index (κ1) is 29.9. The molecule has 0 aliphatic carbocycles. The molecule has 0 aromatic heterocycles. The Labute approximate surface area is 82.3 Å². The van der Waals surface area contributed by atoms with Crippen LogP contribution in [0.5, 0.6) is 0 Å². The fourth-order valence-electron chi connectivity index (χ4n) is 0. The Bertz CT molecular complexity index is 8.00. The van der Waals surface area contributed by atoms with Gasteiger partial charge in [-0.3, -0.25) is 0 Å². The van der Waals surface area contributed by atoms with Crippen LogP contribution in [0.15, 0.2) is 0 Å². The zero-order valence-corrected chi connectivity index (χ0v) is 8.75. The van der Waals surface area contributed by atoms with Crippen molar-refractivity contribution in [3.8, 4) is 0 Å². The molecule has 0 amide bonds. The molecule has 4 heteroatoms. The molecule has 0 unspecified atom stereocenters. The van der Waals surface area contributed by atoms with Gasteiger partial charge >= 0.3 is 50.1 Å². The van der Waals surface area contributed by atoms with Crippen LogP contribution in [0.2, 0.25) is 0 Å². The fraction of sp³-hybridized carbons (Fsp3) is 0. The maximum absolute atomic E-state index is 0. The quantitative estimate of drug-likeness (QED) is 0.350.